The minimum absolute atomic E-state index is 0.463. The van der Waals surface area contributed by atoms with Crippen LogP contribution in [-0.4, -0.2) is 16.7 Å². The Labute approximate surface area is 156 Å². The highest BCUT2D eigenvalue weighted by atomic mass is 31.1. The lowest BCUT2D eigenvalue weighted by atomic mass is 10.1. The summed E-state index contributed by atoms with van der Waals surface area (Å²) in [5, 5.41) is 12.4. The lowest BCUT2D eigenvalue weighted by Gasteiger charge is -2.28. The van der Waals surface area contributed by atoms with Crippen molar-refractivity contribution in [3.63, 3.8) is 0 Å². The van der Waals surface area contributed by atoms with Gasteiger partial charge in [0.25, 0.3) is 0 Å². The zero-order valence-electron chi connectivity index (χ0n) is 15.1. The zero-order chi connectivity index (χ0) is 18.5. The maximum atomic E-state index is 12.3. The molecule has 0 saturated heterocycles. The Morgan fingerprint density at radius 1 is 0.808 bits per heavy atom. The second-order valence-electron chi connectivity index (χ2n) is 6.49. The molecule has 1 unspecified atom stereocenters. The average molecular weight is 362 g/mol. The van der Waals surface area contributed by atoms with E-state index < -0.39 is 19.5 Å². The van der Waals surface area contributed by atoms with Gasteiger partial charge in [0.2, 0.25) is 0 Å². The highest BCUT2D eigenvalue weighted by Gasteiger charge is 2.32. The molecule has 0 aromatic heterocycles. The molecule has 3 rings (SSSR count). The number of carbonyl (C=O) groups is 1. The van der Waals surface area contributed by atoms with Gasteiger partial charge in [0.1, 0.15) is 0 Å². The van der Waals surface area contributed by atoms with Crippen molar-refractivity contribution in [1.29, 1.82) is 0 Å². The van der Waals surface area contributed by atoms with Crippen LogP contribution in [0, 0.1) is 13.8 Å². The van der Waals surface area contributed by atoms with Gasteiger partial charge in [0, 0.05) is 0 Å². The smallest absolute Gasteiger partial charge is 0.311 e. The highest BCUT2D eigenvalue weighted by Crippen LogP contribution is 2.43. The molecule has 0 bridgehead atoms. The Balaban J connectivity index is 2.13. The highest BCUT2D eigenvalue weighted by molar-refractivity contribution is 7.74. The lowest BCUT2D eigenvalue weighted by Crippen LogP contribution is -2.32. The summed E-state index contributed by atoms with van der Waals surface area (Å²) in [5.74, 6) is -0.730. The molecule has 1 atom stereocenters. The Bertz CT molecular complexity index is 844. The van der Waals surface area contributed by atoms with Gasteiger partial charge in [-0.15, -0.1) is 0 Å². The molecule has 0 aliphatic carbocycles. The van der Waals surface area contributed by atoms with E-state index in [4.69, 9.17) is 0 Å². The first-order valence-corrected chi connectivity index (χ1v) is 10.2. The largest absolute Gasteiger partial charge is 0.481 e. The van der Waals surface area contributed by atoms with Crippen molar-refractivity contribution in [3.8, 4) is 0 Å². The van der Waals surface area contributed by atoms with Gasteiger partial charge >= 0.3 is 5.97 Å². The van der Waals surface area contributed by atoms with E-state index in [-0.39, 0.29) is 0 Å². The van der Waals surface area contributed by atoms with E-state index in [1.807, 2.05) is 54.6 Å². The lowest BCUT2D eigenvalue weighted by molar-refractivity contribution is -0.136. The summed E-state index contributed by atoms with van der Waals surface area (Å²) in [7, 11) is -1.02. The number of hydrogen-bond acceptors (Lipinski definition) is 1. The van der Waals surface area contributed by atoms with Crippen LogP contribution < -0.4 is 10.6 Å². The molecule has 3 aromatic carbocycles. The molecule has 0 radical (unpaired) electrons. The van der Waals surface area contributed by atoms with Crippen molar-refractivity contribution >= 4 is 24.5 Å². The summed E-state index contributed by atoms with van der Waals surface area (Å²) in [5.41, 5.74) is 2.91. The Morgan fingerprint density at radius 2 is 1.27 bits per heavy atom. The van der Waals surface area contributed by atoms with Crippen LogP contribution in [0.3, 0.4) is 0 Å². The van der Waals surface area contributed by atoms with E-state index in [9.17, 15) is 9.90 Å². The van der Waals surface area contributed by atoms with Crippen LogP contribution >= 0.6 is 7.92 Å². The Kier molecular flexibility index (Phi) is 5.85. The normalized spacial score (nSPS) is 12.1. The van der Waals surface area contributed by atoms with Crippen LogP contribution in [0.25, 0.3) is 0 Å². The molecule has 1 N–H and O–H groups in total. The van der Waals surface area contributed by atoms with Gasteiger partial charge in [-0.05, 0) is 55.5 Å². The van der Waals surface area contributed by atoms with Crippen LogP contribution in [-0.2, 0) is 11.2 Å². The van der Waals surface area contributed by atoms with Gasteiger partial charge in [-0.2, -0.15) is 0 Å². The van der Waals surface area contributed by atoms with Crippen molar-refractivity contribution in [2.45, 2.75) is 25.9 Å². The number of benzene rings is 3. The molecule has 0 saturated carbocycles. The van der Waals surface area contributed by atoms with Crippen LogP contribution in [0.1, 0.15) is 16.7 Å². The molecule has 0 aliphatic heterocycles. The molecular weight excluding hydrogens is 339 g/mol. The predicted octanol–water partition coefficient (Wildman–Crippen LogP) is 4.43. The quantitative estimate of drug-likeness (QED) is 0.659. The monoisotopic (exact) mass is 362 g/mol. The molecule has 3 aromatic rings. The topological polar surface area (TPSA) is 37.3 Å². The van der Waals surface area contributed by atoms with E-state index >= 15 is 0 Å². The first kappa shape index (κ1) is 18.4. The van der Waals surface area contributed by atoms with E-state index in [1.165, 1.54) is 0 Å². The fraction of sp³-hybridized carbons (Fsp3) is 0.174. The van der Waals surface area contributed by atoms with E-state index in [1.54, 1.807) is 0 Å². The van der Waals surface area contributed by atoms with Gasteiger partial charge in [-0.1, -0.05) is 78.9 Å². The third kappa shape index (κ3) is 4.03. The molecular formula is C23H23O2P. The van der Waals surface area contributed by atoms with E-state index in [2.05, 4.69) is 38.1 Å². The van der Waals surface area contributed by atoms with Crippen molar-refractivity contribution in [2.75, 3.05) is 0 Å². The summed E-state index contributed by atoms with van der Waals surface area (Å²) < 4.78 is 0. The fourth-order valence-electron chi connectivity index (χ4n) is 3.26. The number of carboxylic acid groups (broad SMARTS) is 1. The van der Waals surface area contributed by atoms with E-state index in [0.29, 0.717) is 6.42 Å². The molecule has 0 heterocycles. The number of aryl methyl sites for hydroxylation is 2. The molecule has 132 valence electrons. The standard InChI is InChI=1S/C23H23O2P/c1-17-10-6-8-14-20(17)26(21-15-9-7-11-18(21)2)22(23(24)25)16-19-12-4-3-5-13-19/h3-15,22H,16H2,1-2H3,(H,24,25). The van der Waals surface area contributed by atoms with Crippen LogP contribution in [0.5, 0.6) is 0 Å². The second kappa shape index (κ2) is 8.29. The number of hydrogen-bond donors (Lipinski definition) is 1. The molecule has 2 nitrogen and oxygen atoms in total. The number of rotatable bonds is 6. The molecule has 0 fully saturated rings. The maximum Gasteiger partial charge on any atom is 0.311 e. The summed E-state index contributed by atoms with van der Waals surface area (Å²) in [4.78, 5) is 12.3. The SMILES string of the molecule is Cc1ccccc1P(c1ccccc1C)C(Cc1ccccc1)C(=O)O. The Hall–Kier alpha value is -2.44. The van der Waals surface area contributed by atoms with Gasteiger partial charge < -0.3 is 5.11 Å². The summed E-state index contributed by atoms with van der Waals surface area (Å²) in [6.07, 6.45) is 0.532. The molecule has 0 amide bonds. The van der Waals surface area contributed by atoms with Gasteiger partial charge in [-0.3, -0.25) is 4.79 Å². The number of carboxylic acids is 1. The summed E-state index contributed by atoms with van der Waals surface area (Å²) in [6, 6.07) is 26.3. The van der Waals surface area contributed by atoms with Crippen LogP contribution in [0.2, 0.25) is 0 Å². The minimum Gasteiger partial charge on any atom is -0.481 e. The van der Waals surface area contributed by atoms with Gasteiger partial charge in [-0.25, -0.2) is 0 Å². The Morgan fingerprint density at radius 3 is 1.73 bits per heavy atom. The predicted molar refractivity (Wildman–Crippen MR) is 110 cm³/mol. The second-order valence-corrected chi connectivity index (χ2v) is 8.81. The van der Waals surface area contributed by atoms with Crippen LogP contribution in [0.4, 0.5) is 0 Å². The summed E-state index contributed by atoms with van der Waals surface area (Å²) in [6.45, 7) is 4.15. The first-order chi connectivity index (χ1) is 12.6. The van der Waals surface area contributed by atoms with Crippen LogP contribution in [0.15, 0.2) is 78.9 Å². The zero-order valence-corrected chi connectivity index (χ0v) is 16.0. The third-order valence-corrected chi connectivity index (χ3v) is 7.69. The van der Waals surface area contributed by atoms with E-state index in [0.717, 1.165) is 27.3 Å². The van der Waals surface area contributed by atoms with Crippen molar-refractivity contribution in [2.24, 2.45) is 0 Å². The fourth-order valence-corrected chi connectivity index (χ4v) is 6.21. The molecule has 0 aliphatic rings. The van der Waals surface area contributed by atoms with Crippen molar-refractivity contribution in [3.05, 3.63) is 95.6 Å². The van der Waals surface area contributed by atoms with Crippen molar-refractivity contribution in [1.82, 2.24) is 0 Å². The van der Waals surface area contributed by atoms with Gasteiger partial charge in [0.15, 0.2) is 0 Å². The van der Waals surface area contributed by atoms with Gasteiger partial charge in [0.05, 0.1) is 5.66 Å². The molecule has 0 spiro atoms. The first-order valence-electron chi connectivity index (χ1n) is 8.75. The molecule has 26 heavy (non-hydrogen) atoms. The maximum absolute atomic E-state index is 12.3. The van der Waals surface area contributed by atoms with Crippen molar-refractivity contribution < 1.29 is 9.90 Å². The third-order valence-electron chi connectivity index (χ3n) is 4.62. The minimum atomic E-state index is -1.02. The number of aliphatic carboxylic acids is 1. The average Bonchev–Trinajstić information content (AvgIpc) is 2.64. The molecule has 3 heteroatoms. The summed E-state index contributed by atoms with van der Waals surface area (Å²) >= 11 is 0.